The number of hydrogen-bond acceptors (Lipinski definition) is 2. The summed E-state index contributed by atoms with van der Waals surface area (Å²) in [5.74, 6) is -0.340. The number of amides is 2. The van der Waals surface area contributed by atoms with Gasteiger partial charge < -0.3 is 16.0 Å². The molecule has 0 radical (unpaired) electrons. The Morgan fingerprint density at radius 2 is 2.24 bits per heavy atom. The molecule has 3 N–H and O–H groups in total. The predicted molar refractivity (Wildman–Crippen MR) is 64.8 cm³/mol. The van der Waals surface area contributed by atoms with Crippen LogP contribution in [0.4, 0.5) is 9.18 Å². The number of carbonyl (C=O) groups excluding carboxylic acids is 1. The molecule has 1 rings (SSSR count). The molecule has 0 aliphatic carbocycles. The van der Waals surface area contributed by atoms with Crippen LogP contribution in [-0.4, -0.2) is 24.5 Å². The number of rotatable bonds is 4. The molecule has 1 aromatic carbocycles. The first kappa shape index (κ1) is 13.4. The van der Waals surface area contributed by atoms with Gasteiger partial charge in [-0.25, -0.2) is 9.18 Å². The summed E-state index contributed by atoms with van der Waals surface area (Å²) >= 11 is 0. The summed E-state index contributed by atoms with van der Waals surface area (Å²) in [4.78, 5) is 13.0. The second kappa shape index (κ2) is 6.20. The van der Waals surface area contributed by atoms with E-state index in [2.05, 4.69) is 5.32 Å². The van der Waals surface area contributed by atoms with Gasteiger partial charge in [0.15, 0.2) is 0 Å². The molecule has 4 nitrogen and oxygen atoms in total. The summed E-state index contributed by atoms with van der Waals surface area (Å²) in [7, 11) is 1.68. The summed E-state index contributed by atoms with van der Waals surface area (Å²) in [5.41, 5.74) is 6.60. The van der Waals surface area contributed by atoms with Gasteiger partial charge in [-0.1, -0.05) is 12.1 Å². The molecule has 0 unspecified atom stereocenters. The Kier molecular flexibility index (Phi) is 4.90. The van der Waals surface area contributed by atoms with Crippen molar-refractivity contribution < 1.29 is 9.18 Å². The van der Waals surface area contributed by atoms with Gasteiger partial charge in [-0.3, -0.25) is 0 Å². The molecule has 0 atom stereocenters. The van der Waals surface area contributed by atoms with Gasteiger partial charge in [0, 0.05) is 32.2 Å². The van der Waals surface area contributed by atoms with Crippen LogP contribution < -0.4 is 11.1 Å². The van der Waals surface area contributed by atoms with E-state index in [9.17, 15) is 9.18 Å². The number of nitrogens with zero attached hydrogens (tertiary/aromatic N) is 1. The van der Waals surface area contributed by atoms with Crippen LogP contribution in [0.2, 0.25) is 0 Å². The van der Waals surface area contributed by atoms with E-state index in [1.54, 1.807) is 19.2 Å². The minimum absolute atomic E-state index is 0.180. The van der Waals surface area contributed by atoms with Crippen LogP contribution in [0.5, 0.6) is 0 Å². The van der Waals surface area contributed by atoms with E-state index in [0.717, 1.165) is 5.56 Å². The van der Waals surface area contributed by atoms with Crippen molar-refractivity contribution in [3.63, 3.8) is 0 Å². The smallest absolute Gasteiger partial charge is 0.317 e. The van der Waals surface area contributed by atoms with E-state index in [1.165, 1.54) is 11.0 Å². The molecule has 0 saturated heterocycles. The average molecular weight is 239 g/mol. The maximum atomic E-state index is 13.6. The molecule has 0 spiro atoms. The third-order valence-electron chi connectivity index (χ3n) is 2.60. The van der Waals surface area contributed by atoms with Gasteiger partial charge in [-0.2, -0.15) is 0 Å². The van der Waals surface area contributed by atoms with Crippen molar-refractivity contribution in [1.82, 2.24) is 10.2 Å². The van der Waals surface area contributed by atoms with Crippen LogP contribution in [0.3, 0.4) is 0 Å². The van der Waals surface area contributed by atoms with E-state index in [1.807, 2.05) is 6.92 Å². The zero-order valence-electron chi connectivity index (χ0n) is 10.2. The van der Waals surface area contributed by atoms with Gasteiger partial charge >= 0.3 is 6.03 Å². The molecule has 0 aliphatic heterocycles. The van der Waals surface area contributed by atoms with Crippen LogP contribution in [0.25, 0.3) is 0 Å². The Balaban J connectivity index is 2.61. The maximum absolute atomic E-state index is 13.6. The van der Waals surface area contributed by atoms with Gasteiger partial charge in [-0.05, 0) is 18.6 Å². The van der Waals surface area contributed by atoms with Crippen LogP contribution in [-0.2, 0) is 13.1 Å². The molecule has 0 aliphatic rings. The Bertz CT molecular complexity index is 395. The molecule has 0 fully saturated rings. The van der Waals surface area contributed by atoms with E-state index in [-0.39, 0.29) is 18.4 Å². The predicted octanol–water partition coefficient (Wildman–Crippen LogP) is 1.45. The van der Waals surface area contributed by atoms with E-state index in [0.29, 0.717) is 18.7 Å². The summed E-state index contributed by atoms with van der Waals surface area (Å²) < 4.78 is 13.6. The van der Waals surface area contributed by atoms with Crippen molar-refractivity contribution in [2.24, 2.45) is 5.73 Å². The fourth-order valence-electron chi connectivity index (χ4n) is 1.31. The van der Waals surface area contributed by atoms with Crippen LogP contribution in [0, 0.1) is 5.82 Å². The molecule has 0 heterocycles. The first-order valence-electron chi connectivity index (χ1n) is 5.54. The van der Waals surface area contributed by atoms with Crippen LogP contribution in [0.15, 0.2) is 18.2 Å². The standard InChI is InChI=1S/C12H18FN3O/c1-3-16(2)12(17)15-8-10-5-4-9(7-14)6-11(10)13/h4-6H,3,7-8,14H2,1-2H3,(H,15,17). The Labute approximate surface area is 101 Å². The number of urea groups is 1. The fourth-order valence-corrected chi connectivity index (χ4v) is 1.31. The lowest BCUT2D eigenvalue weighted by molar-refractivity contribution is 0.210. The van der Waals surface area contributed by atoms with Crippen LogP contribution >= 0.6 is 0 Å². The Hall–Kier alpha value is -1.62. The van der Waals surface area contributed by atoms with E-state index < -0.39 is 0 Å². The second-order valence-electron chi connectivity index (χ2n) is 3.80. The maximum Gasteiger partial charge on any atom is 0.317 e. The Morgan fingerprint density at radius 3 is 2.76 bits per heavy atom. The molecule has 17 heavy (non-hydrogen) atoms. The largest absolute Gasteiger partial charge is 0.334 e. The molecule has 0 bridgehead atoms. The highest BCUT2D eigenvalue weighted by atomic mass is 19.1. The zero-order chi connectivity index (χ0) is 12.8. The van der Waals surface area contributed by atoms with E-state index in [4.69, 9.17) is 5.73 Å². The number of benzene rings is 1. The van der Waals surface area contributed by atoms with E-state index >= 15 is 0 Å². The average Bonchev–Trinajstić information content (AvgIpc) is 2.35. The summed E-state index contributed by atoms with van der Waals surface area (Å²) in [6, 6.07) is 4.58. The second-order valence-corrected chi connectivity index (χ2v) is 3.80. The quantitative estimate of drug-likeness (QED) is 0.835. The minimum atomic E-state index is -0.340. The van der Waals surface area contributed by atoms with Gasteiger partial charge in [0.05, 0.1) is 0 Å². The zero-order valence-corrected chi connectivity index (χ0v) is 10.2. The molecule has 0 aromatic heterocycles. The van der Waals surface area contributed by atoms with Gasteiger partial charge in [0.2, 0.25) is 0 Å². The normalized spacial score (nSPS) is 10.1. The lowest BCUT2D eigenvalue weighted by Gasteiger charge is -2.15. The van der Waals surface area contributed by atoms with Crippen molar-refractivity contribution >= 4 is 6.03 Å². The SMILES string of the molecule is CCN(C)C(=O)NCc1ccc(CN)cc1F. The highest BCUT2D eigenvalue weighted by molar-refractivity contribution is 5.73. The van der Waals surface area contributed by atoms with Crippen molar-refractivity contribution in [2.45, 2.75) is 20.0 Å². The molecular formula is C12H18FN3O. The molecule has 0 saturated carbocycles. The molecule has 5 heteroatoms. The van der Waals surface area contributed by atoms with Crippen LogP contribution in [0.1, 0.15) is 18.1 Å². The number of nitrogens with one attached hydrogen (secondary N) is 1. The van der Waals surface area contributed by atoms with Crippen molar-refractivity contribution in [3.05, 3.63) is 35.1 Å². The summed E-state index contributed by atoms with van der Waals surface area (Å²) in [6.45, 7) is 2.97. The highest BCUT2D eigenvalue weighted by Gasteiger charge is 2.08. The number of hydrogen-bond donors (Lipinski definition) is 2. The fraction of sp³-hybridized carbons (Fsp3) is 0.417. The van der Waals surface area contributed by atoms with Gasteiger partial charge in [0.25, 0.3) is 0 Å². The van der Waals surface area contributed by atoms with Crippen molar-refractivity contribution in [2.75, 3.05) is 13.6 Å². The van der Waals surface area contributed by atoms with Gasteiger partial charge in [-0.15, -0.1) is 0 Å². The summed E-state index contributed by atoms with van der Waals surface area (Å²) in [5, 5.41) is 2.64. The lowest BCUT2D eigenvalue weighted by Crippen LogP contribution is -2.36. The number of carbonyl (C=O) groups is 1. The van der Waals surface area contributed by atoms with Gasteiger partial charge in [0.1, 0.15) is 5.82 Å². The topological polar surface area (TPSA) is 58.4 Å². The number of nitrogens with two attached hydrogens (primary N) is 1. The third-order valence-corrected chi connectivity index (χ3v) is 2.60. The molecular weight excluding hydrogens is 221 g/mol. The molecule has 1 aromatic rings. The third kappa shape index (κ3) is 3.71. The summed E-state index contributed by atoms with van der Waals surface area (Å²) in [6.07, 6.45) is 0. The minimum Gasteiger partial charge on any atom is -0.334 e. The number of halogens is 1. The Morgan fingerprint density at radius 1 is 1.53 bits per heavy atom. The first-order chi connectivity index (χ1) is 8.08. The monoisotopic (exact) mass is 239 g/mol. The molecule has 94 valence electrons. The van der Waals surface area contributed by atoms with Crippen molar-refractivity contribution in [1.29, 1.82) is 0 Å². The molecule has 2 amide bonds. The van der Waals surface area contributed by atoms with Crippen molar-refractivity contribution in [3.8, 4) is 0 Å². The lowest BCUT2D eigenvalue weighted by atomic mass is 10.1. The highest BCUT2D eigenvalue weighted by Crippen LogP contribution is 2.10. The first-order valence-corrected chi connectivity index (χ1v) is 5.54.